The van der Waals surface area contributed by atoms with Gasteiger partial charge in [-0.25, -0.2) is 0 Å². The molecule has 0 aromatic rings. The minimum atomic E-state index is -4.02. The van der Waals surface area contributed by atoms with E-state index < -0.39 is 13.4 Å². The molecule has 0 spiro atoms. The molecule has 6 N–H and O–H groups in total. The SMILES string of the molecule is CCCCC(NCCNCCN)P(=O)(O)O. The fourth-order valence-corrected chi connectivity index (χ4v) is 2.23. The lowest BCUT2D eigenvalue weighted by Gasteiger charge is -2.19. The van der Waals surface area contributed by atoms with Gasteiger partial charge in [-0.2, -0.15) is 0 Å². The topological polar surface area (TPSA) is 108 Å². The first kappa shape index (κ1) is 16.0. The summed E-state index contributed by atoms with van der Waals surface area (Å²) >= 11 is 0. The summed E-state index contributed by atoms with van der Waals surface area (Å²) in [4.78, 5) is 18.2. The molecule has 0 aliphatic rings. The molecule has 0 rings (SSSR count). The Hall–Kier alpha value is 0.0300. The normalized spacial score (nSPS) is 14.0. The number of nitrogens with two attached hydrogens (primary N) is 1. The van der Waals surface area contributed by atoms with Gasteiger partial charge in [0.1, 0.15) is 5.78 Å². The second-order valence-corrected chi connectivity index (χ2v) is 5.54. The summed E-state index contributed by atoms with van der Waals surface area (Å²) in [6.45, 7) is 4.49. The summed E-state index contributed by atoms with van der Waals surface area (Å²) in [6, 6.07) is 0. The summed E-state index contributed by atoms with van der Waals surface area (Å²) in [5, 5.41) is 5.94. The molecule has 1 unspecified atom stereocenters. The average molecular weight is 253 g/mol. The lowest BCUT2D eigenvalue weighted by atomic mass is 10.2. The largest absolute Gasteiger partial charge is 0.342 e. The molecular formula is C9H24N3O3P. The minimum Gasteiger partial charge on any atom is -0.329 e. The van der Waals surface area contributed by atoms with Crippen LogP contribution in [0.25, 0.3) is 0 Å². The highest BCUT2D eigenvalue weighted by molar-refractivity contribution is 7.52. The van der Waals surface area contributed by atoms with Crippen molar-refractivity contribution < 1.29 is 14.4 Å². The fourth-order valence-electron chi connectivity index (χ4n) is 1.34. The molecule has 0 saturated heterocycles. The van der Waals surface area contributed by atoms with Crippen LogP contribution in [0.4, 0.5) is 0 Å². The molecule has 0 heterocycles. The maximum Gasteiger partial charge on any atom is 0.342 e. The highest BCUT2D eigenvalue weighted by Gasteiger charge is 2.26. The Balaban J connectivity index is 3.80. The van der Waals surface area contributed by atoms with Gasteiger partial charge in [0.15, 0.2) is 0 Å². The van der Waals surface area contributed by atoms with Crippen molar-refractivity contribution in [3.8, 4) is 0 Å². The first-order valence-electron chi connectivity index (χ1n) is 5.71. The molecule has 0 radical (unpaired) electrons. The maximum atomic E-state index is 11.1. The van der Waals surface area contributed by atoms with Gasteiger partial charge >= 0.3 is 7.60 Å². The van der Waals surface area contributed by atoms with Crippen LogP contribution in [0.2, 0.25) is 0 Å². The van der Waals surface area contributed by atoms with E-state index in [9.17, 15) is 4.57 Å². The third kappa shape index (κ3) is 8.21. The van der Waals surface area contributed by atoms with E-state index in [-0.39, 0.29) is 0 Å². The zero-order valence-electron chi connectivity index (χ0n) is 9.85. The van der Waals surface area contributed by atoms with Crippen molar-refractivity contribution in [3.63, 3.8) is 0 Å². The Labute approximate surface area is 97.1 Å². The van der Waals surface area contributed by atoms with Gasteiger partial charge in [0.25, 0.3) is 0 Å². The van der Waals surface area contributed by atoms with Crippen LogP contribution in [0.3, 0.4) is 0 Å². The van der Waals surface area contributed by atoms with Crippen molar-refractivity contribution in [2.75, 3.05) is 26.2 Å². The van der Waals surface area contributed by atoms with E-state index in [0.717, 1.165) is 19.4 Å². The molecule has 0 aliphatic heterocycles. The van der Waals surface area contributed by atoms with E-state index >= 15 is 0 Å². The summed E-state index contributed by atoms with van der Waals surface area (Å²) in [6.07, 6.45) is 2.26. The molecule has 16 heavy (non-hydrogen) atoms. The molecule has 0 aromatic heterocycles. The van der Waals surface area contributed by atoms with Crippen molar-refractivity contribution in [2.45, 2.75) is 32.0 Å². The molecule has 0 amide bonds. The first-order valence-corrected chi connectivity index (χ1v) is 7.40. The van der Waals surface area contributed by atoms with Gasteiger partial charge in [-0.05, 0) is 6.42 Å². The second kappa shape index (κ2) is 9.10. The quantitative estimate of drug-likeness (QED) is 0.273. The van der Waals surface area contributed by atoms with Gasteiger partial charge in [-0.1, -0.05) is 19.8 Å². The Bertz CT molecular complexity index is 210. The van der Waals surface area contributed by atoms with Crippen molar-refractivity contribution in [2.24, 2.45) is 5.73 Å². The zero-order chi connectivity index (χ0) is 12.4. The fraction of sp³-hybridized carbons (Fsp3) is 1.00. The van der Waals surface area contributed by atoms with Crippen LogP contribution >= 0.6 is 7.60 Å². The van der Waals surface area contributed by atoms with Gasteiger partial charge < -0.3 is 26.2 Å². The monoisotopic (exact) mass is 253 g/mol. The Morgan fingerprint density at radius 3 is 2.50 bits per heavy atom. The van der Waals surface area contributed by atoms with Crippen LogP contribution in [0.1, 0.15) is 26.2 Å². The Morgan fingerprint density at radius 1 is 1.31 bits per heavy atom. The van der Waals surface area contributed by atoms with E-state index in [1.807, 2.05) is 6.92 Å². The summed E-state index contributed by atoms with van der Waals surface area (Å²) < 4.78 is 11.1. The van der Waals surface area contributed by atoms with Gasteiger partial charge in [-0.3, -0.25) is 4.57 Å². The van der Waals surface area contributed by atoms with Crippen molar-refractivity contribution in [1.82, 2.24) is 10.6 Å². The first-order chi connectivity index (χ1) is 7.52. The number of rotatable bonds is 10. The Kier molecular flexibility index (Phi) is 9.12. The van der Waals surface area contributed by atoms with Gasteiger partial charge in [-0.15, -0.1) is 0 Å². The third-order valence-electron chi connectivity index (χ3n) is 2.24. The summed E-state index contributed by atoms with van der Waals surface area (Å²) in [5.74, 6) is -0.716. The second-order valence-electron chi connectivity index (χ2n) is 3.74. The standard InChI is InChI=1S/C9H24N3O3P/c1-2-3-4-9(16(13,14)15)12-8-7-11-6-5-10/h9,11-12H,2-8,10H2,1H3,(H2,13,14,15). The van der Waals surface area contributed by atoms with Crippen LogP contribution in [0, 0.1) is 0 Å². The molecule has 1 atom stereocenters. The number of hydrogen-bond donors (Lipinski definition) is 5. The molecule has 0 fully saturated rings. The van der Waals surface area contributed by atoms with Gasteiger partial charge in [0.2, 0.25) is 0 Å². The molecule has 0 aliphatic carbocycles. The van der Waals surface area contributed by atoms with E-state index in [1.54, 1.807) is 0 Å². The summed E-state index contributed by atoms with van der Waals surface area (Å²) in [7, 11) is -4.02. The molecule has 7 heteroatoms. The smallest absolute Gasteiger partial charge is 0.329 e. The zero-order valence-corrected chi connectivity index (χ0v) is 10.7. The van der Waals surface area contributed by atoms with Crippen molar-refractivity contribution >= 4 is 7.60 Å². The van der Waals surface area contributed by atoms with Crippen molar-refractivity contribution in [1.29, 1.82) is 0 Å². The van der Waals surface area contributed by atoms with Crippen molar-refractivity contribution in [3.05, 3.63) is 0 Å². The molecule has 0 saturated carbocycles. The number of nitrogens with one attached hydrogen (secondary N) is 2. The molecular weight excluding hydrogens is 229 g/mol. The van der Waals surface area contributed by atoms with Gasteiger partial charge in [0, 0.05) is 26.2 Å². The van der Waals surface area contributed by atoms with Crippen LogP contribution in [0.5, 0.6) is 0 Å². The van der Waals surface area contributed by atoms with E-state index in [4.69, 9.17) is 15.5 Å². The molecule has 6 nitrogen and oxygen atoms in total. The van der Waals surface area contributed by atoms with E-state index in [0.29, 0.717) is 26.1 Å². The minimum absolute atomic E-state index is 0.512. The van der Waals surface area contributed by atoms with Crippen LogP contribution in [-0.2, 0) is 4.57 Å². The lowest BCUT2D eigenvalue weighted by Crippen LogP contribution is -2.36. The van der Waals surface area contributed by atoms with Crippen LogP contribution in [0.15, 0.2) is 0 Å². The van der Waals surface area contributed by atoms with Crippen LogP contribution in [-0.4, -0.2) is 41.7 Å². The van der Waals surface area contributed by atoms with E-state index in [2.05, 4.69) is 10.6 Å². The van der Waals surface area contributed by atoms with Crippen LogP contribution < -0.4 is 16.4 Å². The highest BCUT2D eigenvalue weighted by Crippen LogP contribution is 2.41. The maximum absolute atomic E-state index is 11.1. The molecule has 98 valence electrons. The van der Waals surface area contributed by atoms with E-state index in [1.165, 1.54) is 0 Å². The predicted molar refractivity (Wildman–Crippen MR) is 65.3 cm³/mol. The summed E-state index contributed by atoms with van der Waals surface area (Å²) in [5.41, 5.74) is 5.30. The number of hydrogen-bond acceptors (Lipinski definition) is 4. The third-order valence-corrected chi connectivity index (χ3v) is 3.49. The molecule has 0 aromatic carbocycles. The molecule has 0 bridgehead atoms. The predicted octanol–water partition coefficient (Wildman–Crippen LogP) is -0.182. The number of unbranched alkanes of at least 4 members (excludes halogenated alkanes) is 1. The Morgan fingerprint density at radius 2 is 2.00 bits per heavy atom. The highest BCUT2D eigenvalue weighted by atomic mass is 31.2. The lowest BCUT2D eigenvalue weighted by molar-refractivity contribution is 0.339. The average Bonchev–Trinajstić information content (AvgIpc) is 2.20. The van der Waals surface area contributed by atoms with Gasteiger partial charge in [0.05, 0.1) is 0 Å².